The first-order chi connectivity index (χ1) is 3.75. The van der Waals surface area contributed by atoms with Crippen LogP contribution in [0.15, 0.2) is 12.7 Å². The molecule has 0 aromatic rings. The summed E-state index contributed by atoms with van der Waals surface area (Å²) in [6.07, 6.45) is 1.98. The standard InChI is InChI=1S/C7H13N/c1-4-6-7(8-6)5(2)3/h4-8H,1H2,2-3H3/t6-,7-/m0/s1. The molecule has 0 bridgehead atoms. The molecular weight excluding hydrogens is 98.1 g/mol. The minimum absolute atomic E-state index is 0.606. The summed E-state index contributed by atoms with van der Waals surface area (Å²) in [5.74, 6) is 0.762. The van der Waals surface area contributed by atoms with Gasteiger partial charge in [-0.2, -0.15) is 0 Å². The summed E-state index contributed by atoms with van der Waals surface area (Å²) in [6, 6.07) is 1.32. The normalized spacial score (nSPS) is 35.4. The first kappa shape index (κ1) is 5.83. The van der Waals surface area contributed by atoms with Crippen molar-refractivity contribution in [2.75, 3.05) is 0 Å². The van der Waals surface area contributed by atoms with Crippen LogP contribution in [-0.4, -0.2) is 12.1 Å². The third-order valence-electron chi connectivity index (χ3n) is 1.63. The van der Waals surface area contributed by atoms with Crippen molar-refractivity contribution in [2.45, 2.75) is 25.9 Å². The molecule has 1 fully saturated rings. The van der Waals surface area contributed by atoms with Crippen LogP contribution in [-0.2, 0) is 0 Å². The van der Waals surface area contributed by atoms with Gasteiger partial charge in [0.1, 0.15) is 0 Å². The van der Waals surface area contributed by atoms with Crippen LogP contribution in [0.1, 0.15) is 13.8 Å². The highest BCUT2D eigenvalue weighted by molar-refractivity contribution is 5.09. The third-order valence-corrected chi connectivity index (χ3v) is 1.63. The Kier molecular flexibility index (Phi) is 1.39. The van der Waals surface area contributed by atoms with Crippen molar-refractivity contribution in [3.05, 3.63) is 12.7 Å². The van der Waals surface area contributed by atoms with Crippen LogP contribution >= 0.6 is 0 Å². The van der Waals surface area contributed by atoms with Crippen LogP contribution in [0.5, 0.6) is 0 Å². The van der Waals surface area contributed by atoms with Gasteiger partial charge < -0.3 is 5.32 Å². The molecule has 1 aliphatic heterocycles. The molecule has 1 rings (SSSR count). The molecule has 1 saturated heterocycles. The molecule has 1 aliphatic rings. The van der Waals surface area contributed by atoms with E-state index in [1.807, 2.05) is 6.08 Å². The van der Waals surface area contributed by atoms with Crippen LogP contribution in [0, 0.1) is 5.92 Å². The van der Waals surface area contributed by atoms with Gasteiger partial charge in [-0.25, -0.2) is 0 Å². The van der Waals surface area contributed by atoms with E-state index >= 15 is 0 Å². The maximum Gasteiger partial charge on any atom is 0.0408 e. The molecule has 1 nitrogen and oxygen atoms in total. The second kappa shape index (κ2) is 1.90. The Balaban J connectivity index is 2.26. The number of hydrogen-bond donors (Lipinski definition) is 1. The number of rotatable bonds is 2. The monoisotopic (exact) mass is 111 g/mol. The van der Waals surface area contributed by atoms with Crippen molar-refractivity contribution < 1.29 is 0 Å². The van der Waals surface area contributed by atoms with E-state index in [1.54, 1.807) is 0 Å². The second-order valence-electron chi connectivity index (χ2n) is 2.70. The number of nitrogens with one attached hydrogen (secondary N) is 1. The summed E-state index contributed by atoms with van der Waals surface area (Å²) in [5, 5.41) is 3.30. The Labute approximate surface area is 50.8 Å². The molecule has 0 unspecified atom stereocenters. The molecule has 0 amide bonds. The Morgan fingerprint density at radius 2 is 2.25 bits per heavy atom. The molecule has 0 spiro atoms. The highest BCUT2D eigenvalue weighted by Crippen LogP contribution is 2.19. The SMILES string of the molecule is C=C[C@@H]1N[C@H]1C(C)C. The average Bonchev–Trinajstić information content (AvgIpc) is 2.42. The van der Waals surface area contributed by atoms with Crippen LogP contribution in [0.25, 0.3) is 0 Å². The van der Waals surface area contributed by atoms with Crippen molar-refractivity contribution in [3.63, 3.8) is 0 Å². The zero-order chi connectivity index (χ0) is 6.15. The quantitative estimate of drug-likeness (QED) is 0.419. The van der Waals surface area contributed by atoms with E-state index in [1.165, 1.54) is 0 Å². The van der Waals surface area contributed by atoms with E-state index in [0.717, 1.165) is 5.92 Å². The lowest BCUT2D eigenvalue weighted by atomic mass is 10.1. The van der Waals surface area contributed by atoms with Crippen LogP contribution in [0.2, 0.25) is 0 Å². The lowest BCUT2D eigenvalue weighted by Gasteiger charge is -1.95. The predicted molar refractivity (Wildman–Crippen MR) is 35.7 cm³/mol. The van der Waals surface area contributed by atoms with Gasteiger partial charge in [0.15, 0.2) is 0 Å². The zero-order valence-corrected chi connectivity index (χ0v) is 5.52. The third kappa shape index (κ3) is 0.920. The van der Waals surface area contributed by atoms with E-state index < -0.39 is 0 Å². The summed E-state index contributed by atoms with van der Waals surface area (Å²) < 4.78 is 0. The Morgan fingerprint density at radius 3 is 2.38 bits per heavy atom. The van der Waals surface area contributed by atoms with Gasteiger partial charge in [0.25, 0.3) is 0 Å². The molecule has 0 aromatic heterocycles. The molecule has 1 heteroatoms. The van der Waals surface area contributed by atoms with Gasteiger partial charge in [-0.15, -0.1) is 6.58 Å². The Hall–Kier alpha value is -0.300. The van der Waals surface area contributed by atoms with Gasteiger partial charge in [0, 0.05) is 12.1 Å². The first-order valence-corrected chi connectivity index (χ1v) is 3.14. The van der Waals surface area contributed by atoms with Gasteiger partial charge in [-0.3, -0.25) is 0 Å². The van der Waals surface area contributed by atoms with Gasteiger partial charge >= 0.3 is 0 Å². The lowest BCUT2D eigenvalue weighted by molar-refractivity contribution is 0.626. The average molecular weight is 111 g/mol. The van der Waals surface area contributed by atoms with Crippen LogP contribution in [0.3, 0.4) is 0 Å². The fourth-order valence-electron chi connectivity index (χ4n) is 0.988. The Morgan fingerprint density at radius 1 is 1.62 bits per heavy atom. The molecule has 8 heavy (non-hydrogen) atoms. The molecule has 0 aliphatic carbocycles. The molecule has 0 saturated carbocycles. The van der Waals surface area contributed by atoms with E-state index in [4.69, 9.17) is 0 Å². The lowest BCUT2D eigenvalue weighted by Crippen LogP contribution is -2.01. The summed E-state index contributed by atoms with van der Waals surface area (Å²) in [7, 11) is 0. The van der Waals surface area contributed by atoms with Crippen LogP contribution in [0.4, 0.5) is 0 Å². The summed E-state index contributed by atoms with van der Waals surface area (Å²) >= 11 is 0. The van der Waals surface area contributed by atoms with E-state index in [0.29, 0.717) is 12.1 Å². The zero-order valence-electron chi connectivity index (χ0n) is 5.52. The van der Waals surface area contributed by atoms with E-state index in [2.05, 4.69) is 25.7 Å². The molecule has 2 atom stereocenters. The van der Waals surface area contributed by atoms with Crippen molar-refractivity contribution >= 4 is 0 Å². The maximum absolute atomic E-state index is 3.69. The van der Waals surface area contributed by atoms with Gasteiger partial charge in [-0.1, -0.05) is 19.9 Å². The minimum atomic E-state index is 0.606. The molecular formula is C7H13N. The van der Waals surface area contributed by atoms with Gasteiger partial charge in [-0.05, 0) is 5.92 Å². The summed E-state index contributed by atoms with van der Waals surface area (Å²) in [4.78, 5) is 0. The fraction of sp³-hybridized carbons (Fsp3) is 0.714. The summed E-state index contributed by atoms with van der Waals surface area (Å²) in [6.45, 7) is 8.14. The largest absolute Gasteiger partial charge is 0.304 e. The van der Waals surface area contributed by atoms with E-state index in [-0.39, 0.29) is 0 Å². The van der Waals surface area contributed by atoms with Crippen LogP contribution < -0.4 is 5.32 Å². The Bertz CT molecular complexity index is 96.6. The second-order valence-corrected chi connectivity index (χ2v) is 2.70. The van der Waals surface area contributed by atoms with Gasteiger partial charge in [0.2, 0.25) is 0 Å². The fourth-order valence-corrected chi connectivity index (χ4v) is 0.988. The van der Waals surface area contributed by atoms with Gasteiger partial charge in [0.05, 0.1) is 0 Å². The topological polar surface area (TPSA) is 21.9 Å². The van der Waals surface area contributed by atoms with Crippen molar-refractivity contribution in [2.24, 2.45) is 5.92 Å². The maximum atomic E-state index is 3.69. The molecule has 46 valence electrons. The first-order valence-electron chi connectivity index (χ1n) is 3.14. The highest BCUT2D eigenvalue weighted by Gasteiger charge is 2.35. The van der Waals surface area contributed by atoms with E-state index in [9.17, 15) is 0 Å². The molecule has 1 N–H and O–H groups in total. The van der Waals surface area contributed by atoms with Crippen molar-refractivity contribution in [1.82, 2.24) is 5.32 Å². The number of hydrogen-bond acceptors (Lipinski definition) is 1. The predicted octanol–water partition coefficient (Wildman–Crippen LogP) is 1.17. The smallest absolute Gasteiger partial charge is 0.0408 e. The molecule has 0 radical (unpaired) electrons. The van der Waals surface area contributed by atoms with Crippen molar-refractivity contribution in [3.8, 4) is 0 Å². The molecule has 1 heterocycles. The van der Waals surface area contributed by atoms with Crippen molar-refractivity contribution in [1.29, 1.82) is 0 Å². The minimum Gasteiger partial charge on any atom is -0.304 e. The molecule has 0 aromatic carbocycles. The highest BCUT2D eigenvalue weighted by atomic mass is 15.1. The summed E-state index contributed by atoms with van der Waals surface area (Å²) in [5.41, 5.74) is 0.